The van der Waals surface area contributed by atoms with E-state index in [-0.39, 0.29) is 5.54 Å². The first-order valence-corrected chi connectivity index (χ1v) is 10.6. The first-order chi connectivity index (χ1) is 12.5. The Hall–Kier alpha value is -2.11. The summed E-state index contributed by atoms with van der Waals surface area (Å²) in [6.45, 7) is 8.93. The number of aryl methyl sites for hydroxylation is 1. The predicted molar refractivity (Wildman–Crippen MR) is 118 cm³/mol. The largest absolute Gasteiger partial charge is 0.380 e. The van der Waals surface area contributed by atoms with E-state index >= 15 is 0 Å². The summed E-state index contributed by atoms with van der Waals surface area (Å²) >= 11 is 0. The van der Waals surface area contributed by atoms with E-state index in [0.717, 1.165) is 6.42 Å². The highest BCUT2D eigenvalue weighted by Gasteiger charge is 2.23. The predicted octanol–water partition coefficient (Wildman–Crippen LogP) is 5.22. The number of anilines is 1. The zero-order valence-corrected chi connectivity index (χ0v) is 17.1. The van der Waals surface area contributed by atoms with Crippen molar-refractivity contribution >= 4 is 29.5 Å². The molecule has 2 heteroatoms. The Kier molecular flexibility index (Phi) is 5.79. The van der Waals surface area contributed by atoms with Crippen LogP contribution in [0.5, 0.6) is 0 Å². The maximum atomic E-state index is 3.81. The summed E-state index contributed by atoms with van der Waals surface area (Å²) in [6, 6.07) is 28.6. The summed E-state index contributed by atoms with van der Waals surface area (Å²) in [5.74, 6) is 0. The van der Waals surface area contributed by atoms with Gasteiger partial charge in [-0.25, -0.2) is 0 Å². The van der Waals surface area contributed by atoms with E-state index in [0.29, 0.717) is 0 Å². The van der Waals surface area contributed by atoms with Gasteiger partial charge in [0, 0.05) is 16.5 Å². The molecule has 0 fully saturated rings. The van der Waals surface area contributed by atoms with Gasteiger partial charge in [-0.3, -0.25) is 0 Å². The van der Waals surface area contributed by atoms with E-state index in [1.807, 2.05) is 0 Å². The lowest BCUT2D eigenvalue weighted by Gasteiger charge is -2.29. The molecule has 3 aromatic rings. The Morgan fingerprint density at radius 3 is 1.73 bits per heavy atom. The third-order valence-corrected chi connectivity index (χ3v) is 6.76. The van der Waals surface area contributed by atoms with Crippen molar-refractivity contribution in [1.82, 2.24) is 0 Å². The van der Waals surface area contributed by atoms with E-state index in [4.69, 9.17) is 0 Å². The van der Waals surface area contributed by atoms with Gasteiger partial charge in [0.2, 0.25) is 0 Å². The molecule has 0 radical (unpaired) electrons. The molecule has 3 aromatic carbocycles. The molecule has 0 aliphatic carbocycles. The number of hydrogen-bond donors (Lipinski definition) is 1. The summed E-state index contributed by atoms with van der Waals surface area (Å²) in [6.07, 6.45) is 1.03. The SMILES string of the molecule is CCc1cccc(P(c2ccccc2)c2ccccc2)c1NC(C)(C)C. The normalized spacial score (nSPS) is 11.6. The molecule has 0 unspecified atom stereocenters. The second-order valence-corrected chi connectivity index (χ2v) is 9.73. The van der Waals surface area contributed by atoms with Crippen molar-refractivity contribution in [3.8, 4) is 0 Å². The summed E-state index contributed by atoms with van der Waals surface area (Å²) in [5.41, 5.74) is 2.71. The number of para-hydroxylation sites is 1. The fourth-order valence-corrected chi connectivity index (χ4v) is 5.62. The first kappa shape index (κ1) is 18.7. The van der Waals surface area contributed by atoms with Crippen LogP contribution in [0.15, 0.2) is 78.9 Å². The van der Waals surface area contributed by atoms with Gasteiger partial charge in [0.15, 0.2) is 0 Å². The van der Waals surface area contributed by atoms with Crippen LogP contribution in [0.2, 0.25) is 0 Å². The number of rotatable bonds is 5. The van der Waals surface area contributed by atoms with Crippen molar-refractivity contribution in [1.29, 1.82) is 0 Å². The molecule has 0 heterocycles. The van der Waals surface area contributed by atoms with Crippen LogP contribution in [-0.4, -0.2) is 5.54 Å². The molecule has 0 saturated carbocycles. The van der Waals surface area contributed by atoms with Gasteiger partial charge in [-0.05, 0) is 51.3 Å². The highest BCUT2D eigenvalue weighted by atomic mass is 31.1. The first-order valence-electron chi connectivity index (χ1n) is 9.30. The van der Waals surface area contributed by atoms with E-state index in [2.05, 4.69) is 112 Å². The van der Waals surface area contributed by atoms with Crippen molar-refractivity contribution in [2.75, 3.05) is 5.32 Å². The molecular formula is C24H28NP. The van der Waals surface area contributed by atoms with Gasteiger partial charge in [-0.1, -0.05) is 85.8 Å². The fraction of sp³-hybridized carbons (Fsp3) is 0.250. The van der Waals surface area contributed by atoms with Gasteiger partial charge >= 0.3 is 0 Å². The Morgan fingerprint density at radius 1 is 0.731 bits per heavy atom. The molecule has 0 aromatic heterocycles. The molecular weight excluding hydrogens is 333 g/mol. The van der Waals surface area contributed by atoms with Crippen LogP contribution in [-0.2, 0) is 6.42 Å². The average Bonchev–Trinajstić information content (AvgIpc) is 2.64. The highest BCUT2D eigenvalue weighted by molar-refractivity contribution is 7.80. The number of nitrogens with one attached hydrogen (secondary N) is 1. The van der Waals surface area contributed by atoms with Crippen LogP contribution >= 0.6 is 7.92 Å². The average molecular weight is 361 g/mol. The van der Waals surface area contributed by atoms with Crippen LogP contribution in [0, 0.1) is 0 Å². The number of hydrogen-bond acceptors (Lipinski definition) is 1. The topological polar surface area (TPSA) is 12.0 Å². The molecule has 0 spiro atoms. The van der Waals surface area contributed by atoms with Crippen LogP contribution in [0.25, 0.3) is 0 Å². The summed E-state index contributed by atoms with van der Waals surface area (Å²) in [7, 11) is -0.604. The molecule has 0 bridgehead atoms. The van der Waals surface area contributed by atoms with Gasteiger partial charge in [0.1, 0.15) is 0 Å². The van der Waals surface area contributed by atoms with Crippen LogP contribution in [0.3, 0.4) is 0 Å². The van der Waals surface area contributed by atoms with Gasteiger partial charge in [-0.2, -0.15) is 0 Å². The van der Waals surface area contributed by atoms with Gasteiger partial charge in [0.05, 0.1) is 0 Å². The molecule has 3 rings (SSSR count). The van der Waals surface area contributed by atoms with Crippen LogP contribution < -0.4 is 21.2 Å². The third-order valence-electron chi connectivity index (χ3n) is 4.28. The van der Waals surface area contributed by atoms with Crippen molar-refractivity contribution in [3.63, 3.8) is 0 Å². The van der Waals surface area contributed by atoms with Crippen molar-refractivity contribution in [2.45, 2.75) is 39.7 Å². The molecule has 1 N–H and O–H groups in total. The summed E-state index contributed by atoms with van der Waals surface area (Å²) < 4.78 is 0. The van der Waals surface area contributed by atoms with Crippen molar-refractivity contribution < 1.29 is 0 Å². The van der Waals surface area contributed by atoms with E-state index in [1.165, 1.54) is 27.2 Å². The highest BCUT2D eigenvalue weighted by Crippen LogP contribution is 2.37. The van der Waals surface area contributed by atoms with E-state index in [9.17, 15) is 0 Å². The lowest BCUT2D eigenvalue weighted by molar-refractivity contribution is 0.633. The lowest BCUT2D eigenvalue weighted by atomic mass is 10.1. The monoisotopic (exact) mass is 361 g/mol. The van der Waals surface area contributed by atoms with Crippen molar-refractivity contribution in [2.24, 2.45) is 0 Å². The molecule has 0 amide bonds. The minimum atomic E-state index is -0.604. The van der Waals surface area contributed by atoms with E-state index < -0.39 is 7.92 Å². The van der Waals surface area contributed by atoms with Crippen LogP contribution in [0.4, 0.5) is 5.69 Å². The van der Waals surface area contributed by atoms with Crippen LogP contribution in [0.1, 0.15) is 33.3 Å². The van der Waals surface area contributed by atoms with Gasteiger partial charge in [0.25, 0.3) is 0 Å². The van der Waals surface area contributed by atoms with Crippen molar-refractivity contribution in [3.05, 3.63) is 84.4 Å². The Balaban J connectivity index is 2.22. The molecule has 0 atom stereocenters. The zero-order valence-electron chi connectivity index (χ0n) is 16.2. The van der Waals surface area contributed by atoms with Gasteiger partial charge < -0.3 is 5.32 Å². The lowest BCUT2D eigenvalue weighted by Crippen LogP contribution is -2.32. The Morgan fingerprint density at radius 2 is 1.27 bits per heavy atom. The standard InChI is InChI=1S/C24H28NP/c1-5-19-13-12-18-22(23(19)25-24(2,3)4)26(20-14-8-6-9-15-20)21-16-10-7-11-17-21/h6-18,25H,5H2,1-4H3. The minimum absolute atomic E-state index is 0.0222. The smallest absolute Gasteiger partial charge is 0.0461 e. The second kappa shape index (κ2) is 8.06. The fourth-order valence-electron chi connectivity index (χ4n) is 3.17. The summed E-state index contributed by atoms with van der Waals surface area (Å²) in [5, 5.41) is 7.99. The Bertz CT molecular complexity index is 796. The number of benzene rings is 3. The second-order valence-electron chi connectivity index (χ2n) is 7.55. The summed E-state index contributed by atoms with van der Waals surface area (Å²) in [4.78, 5) is 0. The molecule has 0 saturated heterocycles. The Labute approximate surface area is 159 Å². The van der Waals surface area contributed by atoms with Gasteiger partial charge in [-0.15, -0.1) is 0 Å². The maximum absolute atomic E-state index is 3.81. The molecule has 0 aliphatic heterocycles. The molecule has 1 nitrogen and oxygen atoms in total. The zero-order chi connectivity index (χ0) is 18.6. The maximum Gasteiger partial charge on any atom is 0.0461 e. The molecule has 0 aliphatic rings. The third kappa shape index (κ3) is 4.34. The van der Waals surface area contributed by atoms with E-state index in [1.54, 1.807) is 0 Å². The quantitative estimate of drug-likeness (QED) is 0.615. The molecule has 134 valence electrons. The minimum Gasteiger partial charge on any atom is -0.380 e. The molecule has 26 heavy (non-hydrogen) atoms.